The van der Waals surface area contributed by atoms with Gasteiger partial charge in [-0.3, -0.25) is 14.5 Å². The van der Waals surface area contributed by atoms with Gasteiger partial charge in [-0.1, -0.05) is 30.3 Å². The molecule has 0 saturated carbocycles. The summed E-state index contributed by atoms with van der Waals surface area (Å²) in [5.74, 6) is 1.93. The van der Waals surface area contributed by atoms with Gasteiger partial charge in [0.25, 0.3) is 5.56 Å². The summed E-state index contributed by atoms with van der Waals surface area (Å²) in [6.07, 6.45) is 1.43. The number of aromatic amines is 1. The highest BCUT2D eigenvalue weighted by Gasteiger charge is 2.22. The number of rotatable bonds is 4. The normalized spacial score (nSPS) is 15.1. The molecule has 10 heteroatoms. The maximum Gasteiger partial charge on any atom is 0.270 e. The molecule has 1 aliphatic rings. The summed E-state index contributed by atoms with van der Waals surface area (Å²) in [6, 6.07) is 16.8. The first-order chi connectivity index (χ1) is 16.2. The molecule has 0 aliphatic carbocycles. The van der Waals surface area contributed by atoms with E-state index >= 15 is 0 Å². The van der Waals surface area contributed by atoms with Crippen molar-refractivity contribution in [2.75, 3.05) is 24.2 Å². The van der Waals surface area contributed by atoms with E-state index in [1.807, 2.05) is 54.6 Å². The van der Waals surface area contributed by atoms with Gasteiger partial charge in [-0.25, -0.2) is 4.98 Å². The maximum atomic E-state index is 13.4. The minimum atomic E-state index is -0.305. The van der Waals surface area contributed by atoms with E-state index in [0.717, 1.165) is 5.75 Å². The molecule has 0 radical (unpaired) electrons. The molecule has 1 aliphatic heterocycles. The number of nitrogen functional groups attached to an aromatic ring is 1. The third-order valence-corrected chi connectivity index (χ3v) is 5.53. The van der Waals surface area contributed by atoms with Gasteiger partial charge >= 0.3 is 0 Å². The lowest BCUT2D eigenvalue weighted by atomic mass is 10.2. The molecule has 0 amide bonds. The van der Waals surface area contributed by atoms with Crippen LogP contribution in [0.15, 0.2) is 65.6 Å². The van der Waals surface area contributed by atoms with E-state index in [1.165, 1.54) is 4.57 Å². The number of anilines is 2. The maximum absolute atomic E-state index is 13.4. The Balaban J connectivity index is 1.39. The molecule has 1 atom stereocenters. The van der Waals surface area contributed by atoms with Gasteiger partial charge in [0.2, 0.25) is 5.95 Å². The number of pyridine rings is 1. The molecule has 4 heterocycles. The third kappa shape index (κ3) is 3.19. The summed E-state index contributed by atoms with van der Waals surface area (Å²) in [6.45, 7) is 0.828. The molecule has 164 valence electrons. The SMILES string of the molecule is Nc1n[nH]c2c1c(=O)n(-c1ccccc1)c1nc(NCC3COc4ccccc4O3)ncc21. The number of hydrogen-bond donors (Lipinski definition) is 3. The summed E-state index contributed by atoms with van der Waals surface area (Å²) in [5.41, 5.74) is 7.28. The second-order valence-electron chi connectivity index (χ2n) is 7.64. The molecule has 0 saturated heterocycles. The topological polar surface area (TPSA) is 133 Å². The summed E-state index contributed by atoms with van der Waals surface area (Å²) in [5, 5.41) is 11.0. The smallest absolute Gasteiger partial charge is 0.270 e. The van der Waals surface area contributed by atoms with E-state index in [-0.39, 0.29) is 17.5 Å². The summed E-state index contributed by atoms with van der Waals surface area (Å²) in [7, 11) is 0. The Morgan fingerprint density at radius 2 is 1.91 bits per heavy atom. The van der Waals surface area contributed by atoms with Crippen LogP contribution in [-0.4, -0.2) is 44.0 Å². The molecule has 3 aromatic heterocycles. The lowest BCUT2D eigenvalue weighted by Gasteiger charge is -2.26. The minimum absolute atomic E-state index is 0.138. The second kappa shape index (κ2) is 7.52. The molecular formula is C23H19N7O3. The highest BCUT2D eigenvalue weighted by Crippen LogP contribution is 2.31. The largest absolute Gasteiger partial charge is 0.486 e. The standard InChI is InChI=1S/C23H19N7O3/c24-20-18-19(28-29-20)15-11-26-23(25-10-14-12-32-16-8-4-5-9-17(16)33-14)27-21(15)30(22(18)31)13-6-2-1-3-7-13/h1-9,11,14H,10,12H2,(H3,24,28,29)(H,25,26,27). The van der Waals surface area contributed by atoms with Crippen LogP contribution < -0.4 is 26.1 Å². The summed E-state index contributed by atoms with van der Waals surface area (Å²) >= 11 is 0. The number of benzene rings is 2. The molecule has 5 aromatic rings. The van der Waals surface area contributed by atoms with E-state index in [9.17, 15) is 4.79 Å². The third-order valence-electron chi connectivity index (χ3n) is 5.53. The predicted octanol–water partition coefficient (Wildman–Crippen LogP) is 2.49. The van der Waals surface area contributed by atoms with Crippen molar-refractivity contribution in [1.82, 2.24) is 24.7 Å². The van der Waals surface area contributed by atoms with E-state index in [1.54, 1.807) is 6.20 Å². The zero-order chi connectivity index (χ0) is 22.4. The van der Waals surface area contributed by atoms with Crippen molar-refractivity contribution in [1.29, 1.82) is 0 Å². The van der Waals surface area contributed by atoms with Gasteiger partial charge in [-0.05, 0) is 24.3 Å². The van der Waals surface area contributed by atoms with Gasteiger partial charge in [0.15, 0.2) is 23.0 Å². The van der Waals surface area contributed by atoms with Crippen LogP contribution in [0.5, 0.6) is 11.5 Å². The van der Waals surface area contributed by atoms with E-state index in [2.05, 4.69) is 25.5 Å². The molecule has 0 spiro atoms. The van der Waals surface area contributed by atoms with Crippen LogP contribution >= 0.6 is 0 Å². The number of fused-ring (bicyclic) bond motifs is 4. The van der Waals surface area contributed by atoms with Crippen molar-refractivity contribution in [3.63, 3.8) is 0 Å². The lowest BCUT2D eigenvalue weighted by molar-refractivity contribution is 0.0996. The van der Waals surface area contributed by atoms with Crippen LogP contribution in [0, 0.1) is 0 Å². The highest BCUT2D eigenvalue weighted by molar-refractivity contribution is 6.05. The average molecular weight is 441 g/mol. The van der Waals surface area contributed by atoms with Crippen molar-refractivity contribution >= 4 is 33.7 Å². The first-order valence-corrected chi connectivity index (χ1v) is 10.4. The Morgan fingerprint density at radius 3 is 2.76 bits per heavy atom. The van der Waals surface area contributed by atoms with Gasteiger partial charge in [-0.15, -0.1) is 0 Å². The van der Waals surface area contributed by atoms with Gasteiger partial charge in [-0.2, -0.15) is 10.1 Å². The highest BCUT2D eigenvalue weighted by atomic mass is 16.6. The Kier molecular flexibility index (Phi) is 4.35. The van der Waals surface area contributed by atoms with E-state index in [0.29, 0.717) is 52.5 Å². The van der Waals surface area contributed by atoms with Gasteiger partial charge in [0.05, 0.1) is 23.1 Å². The number of nitrogens with zero attached hydrogens (tertiary/aromatic N) is 4. The average Bonchev–Trinajstić information content (AvgIpc) is 3.25. The van der Waals surface area contributed by atoms with Gasteiger partial charge in [0.1, 0.15) is 18.1 Å². The zero-order valence-electron chi connectivity index (χ0n) is 17.4. The number of aromatic nitrogens is 5. The van der Waals surface area contributed by atoms with E-state index < -0.39 is 0 Å². The predicted molar refractivity (Wildman–Crippen MR) is 124 cm³/mol. The second-order valence-corrected chi connectivity index (χ2v) is 7.64. The van der Waals surface area contributed by atoms with E-state index in [4.69, 9.17) is 15.2 Å². The van der Waals surface area contributed by atoms with Gasteiger partial charge in [0, 0.05) is 6.20 Å². The first kappa shape index (κ1) is 19.1. The first-order valence-electron chi connectivity index (χ1n) is 10.4. The Labute approximate surface area is 187 Å². The Hall–Kier alpha value is -4.60. The number of nitrogens with two attached hydrogens (primary N) is 1. The zero-order valence-corrected chi connectivity index (χ0v) is 17.4. The molecule has 6 rings (SSSR count). The molecule has 10 nitrogen and oxygen atoms in total. The fourth-order valence-corrected chi connectivity index (χ4v) is 3.97. The van der Waals surface area contributed by atoms with Crippen molar-refractivity contribution < 1.29 is 9.47 Å². The van der Waals surface area contributed by atoms with Crippen molar-refractivity contribution in [3.8, 4) is 17.2 Å². The van der Waals surface area contributed by atoms with Crippen LogP contribution in [-0.2, 0) is 0 Å². The van der Waals surface area contributed by atoms with Crippen LogP contribution in [0.2, 0.25) is 0 Å². The van der Waals surface area contributed by atoms with Crippen LogP contribution in [0.4, 0.5) is 11.8 Å². The molecule has 4 N–H and O–H groups in total. The number of nitrogens with one attached hydrogen (secondary N) is 2. The summed E-state index contributed by atoms with van der Waals surface area (Å²) < 4.78 is 13.3. The molecule has 2 aromatic carbocycles. The molecule has 0 bridgehead atoms. The van der Waals surface area contributed by atoms with Crippen molar-refractivity contribution in [2.24, 2.45) is 0 Å². The number of H-pyrrole nitrogens is 1. The molecule has 0 fully saturated rings. The van der Waals surface area contributed by atoms with Gasteiger partial charge < -0.3 is 20.5 Å². The van der Waals surface area contributed by atoms with Crippen molar-refractivity contribution in [2.45, 2.75) is 6.10 Å². The fourth-order valence-electron chi connectivity index (χ4n) is 3.97. The monoisotopic (exact) mass is 441 g/mol. The summed E-state index contributed by atoms with van der Waals surface area (Å²) in [4.78, 5) is 22.5. The number of para-hydroxylation sites is 3. The van der Waals surface area contributed by atoms with Crippen LogP contribution in [0.1, 0.15) is 0 Å². The number of ether oxygens (including phenoxy) is 2. The Morgan fingerprint density at radius 1 is 1.12 bits per heavy atom. The van der Waals surface area contributed by atoms with Crippen molar-refractivity contribution in [3.05, 3.63) is 71.1 Å². The lowest BCUT2D eigenvalue weighted by Crippen LogP contribution is -2.35. The van der Waals surface area contributed by atoms with Crippen LogP contribution in [0.25, 0.3) is 27.6 Å². The number of hydrogen-bond acceptors (Lipinski definition) is 8. The van der Waals surface area contributed by atoms with Crippen LogP contribution in [0.3, 0.4) is 0 Å². The molecule has 1 unspecified atom stereocenters. The minimum Gasteiger partial charge on any atom is -0.486 e. The molecule has 33 heavy (non-hydrogen) atoms. The fraction of sp³-hybridized carbons (Fsp3) is 0.130. The quantitative estimate of drug-likeness (QED) is 0.387. The Bertz CT molecular complexity index is 1550. The molecular weight excluding hydrogens is 422 g/mol.